The summed E-state index contributed by atoms with van der Waals surface area (Å²) in [4.78, 5) is 21.2. The van der Waals surface area contributed by atoms with Gasteiger partial charge >= 0.3 is 0 Å². The van der Waals surface area contributed by atoms with Crippen LogP contribution in [0.4, 0.5) is 0 Å². The predicted octanol–water partition coefficient (Wildman–Crippen LogP) is 0.278. The third-order valence-electron chi connectivity index (χ3n) is 1.07. The van der Waals surface area contributed by atoms with E-state index in [1.54, 1.807) is 11.5 Å². The van der Waals surface area contributed by atoms with Gasteiger partial charge in [0.15, 0.2) is 0 Å². The fraction of sp³-hybridized carbons (Fsp3) is 0.333. The van der Waals surface area contributed by atoms with Gasteiger partial charge in [0.2, 0.25) is 11.0 Å². The van der Waals surface area contributed by atoms with Gasteiger partial charge in [0.05, 0.1) is 0 Å². The highest BCUT2D eigenvalue weighted by atomic mass is 32.2. The van der Waals surface area contributed by atoms with Crippen LogP contribution in [0.25, 0.3) is 0 Å². The molecule has 0 aromatic rings. The summed E-state index contributed by atoms with van der Waals surface area (Å²) in [6.07, 6.45) is 1.68. The van der Waals surface area contributed by atoms with E-state index in [4.69, 9.17) is 0 Å². The molecule has 1 aliphatic rings. The highest BCUT2D eigenvalue weighted by Crippen LogP contribution is 2.16. The van der Waals surface area contributed by atoms with E-state index in [1.165, 1.54) is 6.92 Å². The van der Waals surface area contributed by atoms with Crippen molar-refractivity contribution < 1.29 is 9.59 Å². The first kappa shape index (κ1) is 7.34. The first-order valence-electron chi connectivity index (χ1n) is 2.84. The van der Waals surface area contributed by atoms with E-state index in [0.29, 0.717) is 0 Å². The Kier molecular flexibility index (Phi) is 2.11. The van der Waals surface area contributed by atoms with E-state index in [9.17, 15) is 9.59 Å². The predicted molar refractivity (Wildman–Crippen MR) is 39.3 cm³/mol. The van der Waals surface area contributed by atoms with E-state index < -0.39 is 6.04 Å². The zero-order valence-electron chi connectivity index (χ0n) is 5.46. The highest BCUT2D eigenvalue weighted by molar-refractivity contribution is 8.16. The lowest BCUT2D eigenvalue weighted by molar-refractivity contribution is -0.122. The zero-order chi connectivity index (χ0) is 7.56. The topological polar surface area (TPSA) is 46.2 Å². The van der Waals surface area contributed by atoms with Gasteiger partial charge in [-0.15, -0.1) is 0 Å². The van der Waals surface area contributed by atoms with Crippen molar-refractivity contribution in [3.05, 3.63) is 11.5 Å². The molecule has 1 unspecified atom stereocenters. The molecule has 1 rings (SSSR count). The summed E-state index contributed by atoms with van der Waals surface area (Å²) in [6, 6.07) is -0.400. The molecule has 3 nitrogen and oxygen atoms in total. The molecule has 0 saturated carbocycles. The Bertz CT molecular complexity index is 200. The van der Waals surface area contributed by atoms with Crippen LogP contribution in [-0.2, 0) is 9.59 Å². The van der Waals surface area contributed by atoms with Gasteiger partial charge in [-0.05, 0) is 11.5 Å². The number of thioether (sulfide) groups is 1. The minimum absolute atomic E-state index is 0.0183. The summed E-state index contributed by atoms with van der Waals surface area (Å²) in [5, 5.41) is 4.16. The maximum Gasteiger partial charge on any atom is 0.219 e. The summed E-state index contributed by atoms with van der Waals surface area (Å²) >= 11 is 1.11. The number of carbonyl (C=O) groups excluding carboxylic acids is 2. The smallest absolute Gasteiger partial charge is 0.219 e. The summed E-state index contributed by atoms with van der Waals surface area (Å²) in [5.41, 5.74) is 0. The van der Waals surface area contributed by atoms with Crippen molar-refractivity contribution in [1.29, 1.82) is 0 Å². The fourth-order valence-electron chi connectivity index (χ4n) is 0.663. The molecule has 1 aliphatic heterocycles. The maximum atomic E-state index is 10.8. The van der Waals surface area contributed by atoms with Gasteiger partial charge in [-0.2, -0.15) is 0 Å². The molecule has 1 atom stereocenters. The molecule has 1 N–H and O–H groups in total. The second-order valence-electron chi connectivity index (χ2n) is 1.94. The zero-order valence-corrected chi connectivity index (χ0v) is 6.27. The molecule has 0 bridgehead atoms. The SMILES string of the molecule is CC(=O)NC1C=CSC1=O. The molecule has 0 aliphatic carbocycles. The van der Waals surface area contributed by atoms with Crippen molar-refractivity contribution in [2.75, 3.05) is 0 Å². The molecule has 0 saturated heterocycles. The summed E-state index contributed by atoms with van der Waals surface area (Å²) in [5.74, 6) is -0.175. The molecule has 0 radical (unpaired) electrons. The third kappa shape index (κ3) is 1.60. The lowest BCUT2D eigenvalue weighted by Gasteiger charge is -2.04. The van der Waals surface area contributed by atoms with Crippen LogP contribution in [0.1, 0.15) is 6.92 Å². The van der Waals surface area contributed by atoms with Crippen LogP contribution in [0, 0.1) is 0 Å². The Hall–Kier alpha value is -0.770. The normalized spacial score (nSPS) is 23.3. The van der Waals surface area contributed by atoms with Crippen LogP contribution in [-0.4, -0.2) is 17.1 Å². The van der Waals surface area contributed by atoms with Crippen molar-refractivity contribution in [3.8, 4) is 0 Å². The van der Waals surface area contributed by atoms with E-state index in [0.717, 1.165) is 11.8 Å². The van der Waals surface area contributed by atoms with Crippen LogP contribution in [0.3, 0.4) is 0 Å². The Balaban J connectivity index is 2.48. The van der Waals surface area contributed by atoms with Gasteiger partial charge < -0.3 is 5.32 Å². The lowest BCUT2D eigenvalue weighted by Crippen LogP contribution is -2.34. The van der Waals surface area contributed by atoms with Crippen molar-refractivity contribution in [1.82, 2.24) is 5.32 Å². The number of rotatable bonds is 1. The van der Waals surface area contributed by atoms with Gasteiger partial charge in [0.1, 0.15) is 6.04 Å². The lowest BCUT2D eigenvalue weighted by atomic mass is 10.3. The van der Waals surface area contributed by atoms with Crippen LogP contribution in [0.5, 0.6) is 0 Å². The van der Waals surface area contributed by atoms with E-state index in [2.05, 4.69) is 5.32 Å². The molecule has 4 heteroatoms. The first-order chi connectivity index (χ1) is 4.70. The Morgan fingerprint density at radius 2 is 2.50 bits per heavy atom. The molecular formula is C6H7NO2S. The number of hydrogen-bond donors (Lipinski definition) is 1. The van der Waals surface area contributed by atoms with Gasteiger partial charge in [0.25, 0.3) is 0 Å². The molecule has 10 heavy (non-hydrogen) atoms. The molecule has 0 fully saturated rings. The van der Waals surface area contributed by atoms with Crippen LogP contribution in [0.15, 0.2) is 11.5 Å². The van der Waals surface area contributed by atoms with Crippen LogP contribution < -0.4 is 5.32 Å². The van der Waals surface area contributed by atoms with E-state index >= 15 is 0 Å². The van der Waals surface area contributed by atoms with Gasteiger partial charge in [-0.25, -0.2) is 0 Å². The van der Waals surface area contributed by atoms with Crippen molar-refractivity contribution >= 4 is 22.8 Å². The highest BCUT2D eigenvalue weighted by Gasteiger charge is 2.19. The van der Waals surface area contributed by atoms with Crippen LogP contribution in [0.2, 0.25) is 0 Å². The first-order valence-corrected chi connectivity index (χ1v) is 3.72. The molecule has 0 aromatic carbocycles. The van der Waals surface area contributed by atoms with Gasteiger partial charge in [-0.1, -0.05) is 11.8 Å². The fourth-order valence-corrected chi connectivity index (χ4v) is 1.32. The Morgan fingerprint density at radius 1 is 1.80 bits per heavy atom. The molecule has 1 heterocycles. The van der Waals surface area contributed by atoms with Crippen molar-refractivity contribution in [3.63, 3.8) is 0 Å². The standard InChI is InChI=1S/C6H7NO2S/c1-4(8)7-5-2-3-10-6(5)9/h2-3,5H,1H3,(H,7,8). The Morgan fingerprint density at radius 3 is 2.90 bits per heavy atom. The van der Waals surface area contributed by atoms with Crippen molar-refractivity contribution in [2.24, 2.45) is 0 Å². The number of hydrogen-bond acceptors (Lipinski definition) is 3. The monoisotopic (exact) mass is 157 g/mol. The van der Waals surface area contributed by atoms with Gasteiger partial charge in [0, 0.05) is 6.92 Å². The van der Waals surface area contributed by atoms with E-state index in [1.807, 2.05) is 0 Å². The summed E-state index contributed by atoms with van der Waals surface area (Å²) in [6.45, 7) is 1.39. The maximum absolute atomic E-state index is 10.8. The molecule has 1 amide bonds. The van der Waals surface area contributed by atoms with Crippen molar-refractivity contribution in [2.45, 2.75) is 13.0 Å². The third-order valence-corrected chi connectivity index (χ3v) is 1.85. The number of carbonyl (C=O) groups is 2. The van der Waals surface area contributed by atoms with E-state index in [-0.39, 0.29) is 11.0 Å². The molecule has 0 spiro atoms. The second-order valence-corrected chi connectivity index (χ2v) is 2.85. The minimum atomic E-state index is -0.400. The number of nitrogens with one attached hydrogen (secondary N) is 1. The van der Waals surface area contributed by atoms with Crippen LogP contribution >= 0.6 is 11.8 Å². The van der Waals surface area contributed by atoms with Gasteiger partial charge in [-0.3, -0.25) is 9.59 Å². The Labute approximate surface area is 62.9 Å². The molecule has 0 aromatic heterocycles. The molecular weight excluding hydrogens is 150 g/mol. The summed E-state index contributed by atoms with van der Waals surface area (Å²) in [7, 11) is 0. The second kappa shape index (κ2) is 2.88. The summed E-state index contributed by atoms with van der Waals surface area (Å²) < 4.78 is 0. The minimum Gasteiger partial charge on any atom is -0.342 e. The number of amides is 1. The average molecular weight is 157 g/mol. The molecule has 54 valence electrons. The quantitative estimate of drug-likeness (QED) is 0.594. The average Bonchev–Trinajstić information content (AvgIpc) is 2.15. The largest absolute Gasteiger partial charge is 0.342 e.